The molecule has 2 aromatic carbocycles. The van der Waals surface area contributed by atoms with E-state index >= 15 is 0 Å². The molecule has 1 aliphatic rings. The number of methoxy groups -OCH3 is 2. The van der Waals surface area contributed by atoms with Gasteiger partial charge in [0, 0.05) is 42.2 Å². The van der Waals surface area contributed by atoms with Gasteiger partial charge in [-0.2, -0.15) is 0 Å². The number of ether oxygens (including phenoxy) is 3. The summed E-state index contributed by atoms with van der Waals surface area (Å²) in [6, 6.07) is 5.80. The quantitative estimate of drug-likeness (QED) is 0.384. The Morgan fingerprint density at radius 3 is 2.18 bits per heavy atom. The lowest BCUT2D eigenvalue weighted by atomic mass is 9.91. The number of rotatable bonds is 10. The number of esters is 1. The molecular formula is C26H31N3O4. The highest BCUT2D eigenvalue weighted by molar-refractivity contribution is 6.11. The first-order valence-electron chi connectivity index (χ1n) is 11.6. The van der Waals surface area contributed by atoms with Crippen LogP contribution < -0.4 is 14.4 Å². The number of carbonyl (C=O) groups is 1. The van der Waals surface area contributed by atoms with Crippen LogP contribution in [0.15, 0.2) is 30.6 Å². The minimum Gasteiger partial charge on any atom is -0.493 e. The zero-order chi connectivity index (χ0) is 23.4. The van der Waals surface area contributed by atoms with Crippen molar-refractivity contribution < 1.29 is 19.0 Å². The zero-order valence-corrected chi connectivity index (χ0v) is 19.8. The van der Waals surface area contributed by atoms with Crippen molar-refractivity contribution in [1.29, 1.82) is 0 Å². The third-order valence-electron chi connectivity index (χ3n) is 6.06. The van der Waals surface area contributed by atoms with Crippen molar-refractivity contribution in [2.75, 3.05) is 32.2 Å². The lowest BCUT2D eigenvalue weighted by Gasteiger charge is -2.22. The van der Waals surface area contributed by atoms with Gasteiger partial charge < -0.3 is 19.1 Å². The van der Waals surface area contributed by atoms with Gasteiger partial charge >= 0.3 is 5.97 Å². The first-order valence-corrected chi connectivity index (χ1v) is 11.6. The van der Waals surface area contributed by atoms with Gasteiger partial charge in [0.2, 0.25) is 5.95 Å². The molecule has 0 spiro atoms. The Balaban J connectivity index is 1.83. The van der Waals surface area contributed by atoms with Crippen LogP contribution >= 0.6 is 0 Å². The fraction of sp³-hybridized carbons (Fsp3) is 0.423. The minimum atomic E-state index is -0.326. The number of aromatic nitrogens is 2. The molecule has 1 aromatic heterocycles. The Morgan fingerprint density at radius 2 is 1.58 bits per heavy atom. The van der Waals surface area contributed by atoms with Crippen molar-refractivity contribution in [2.24, 2.45) is 0 Å². The van der Waals surface area contributed by atoms with Crippen molar-refractivity contribution in [3.05, 3.63) is 41.7 Å². The van der Waals surface area contributed by atoms with E-state index in [-0.39, 0.29) is 12.6 Å². The number of nitrogens with zero attached hydrogens (tertiary/aromatic N) is 3. The predicted octanol–water partition coefficient (Wildman–Crippen LogP) is 5.39. The predicted molar refractivity (Wildman–Crippen MR) is 129 cm³/mol. The molecule has 0 aliphatic carbocycles. The van der Waals surface area contributed by atoms with E-state index in [1.807, 2.05) is 30.6 Å². The van der Waals surface area contributed by atoms with E-state index in [1.54, 1.807) is 14.2 Å². The molecule has 0 saturated carbocycles. The van der Waals surface area contributed by atoms with Crippen LogP contribution in [-0.4, -0.2) is 43.2 Å². The highest BCUT2D eigenvalue weighted by atomic mass is 16.5. The average molecular weight is 450 g/mol. The first kappa shape index (κ1) is 22.8. The van der Waals surface area contributed by atoms with Crippen molar-refractivity contribution in [3.8, 4) is 22.6 Å². The van der Waals surface area contributed by atoms with Crippen LogP contribution in [0.25, 0.3) is 21.9 Å². The van der Waals surface area contributed by atoms with Gasteiger partial charge in [0.1, 0.15) is 6.61 Å². The number of benzene rings is 2. The van der Waals surface area contributed by atoms with E-state index in [0.29, 0.717) is 17.1 Å². The van der Waals surface area contributed by atoms with Crippen molar-refractivity contribution in [3.63, 3.8) is 0 Å². The van der Waals surface area contributed by atoms with E-state index in [1.165, 1.54) is 0 Å². The standard InChI is InChI=1S/C26H31N3O4/c1-5-7-9-29(10-8-6-2)26-27-14-19(15-28-26)23-20-13-22(32-4)21(31-3)12-17(20)11-18-16-33-25(30)24(18)23/h11-15H,5-10,16H2,1-4H3. The summed E-state index contributed by atoms with van der Waals surface area (Å²) in [6.45, 7) is 6.49. The second-order valence-electron chi connectivity index (χ2n) is 8.26. The van der Waals surface area contributed by atoms with E-state index in [9.17, 15) is 4.79 Å². The Labute approximate surface area is 194 Å². The molecule has 3 aromatic rings. The van der Waals surface area contributed by atoms with Crippen molar-refractivity contribution in [1.82, 2.24) is 9.97 Å². The fourth-order valence-electron chi connectivity index (χ4n) is 4.27. The summed E-state index contributed by atoms with van der Waals surface area (Å²) < 4.78 is 16.4. The van der Waals surface area contributed by atoms with Gasteiger partial charge in [-0.15, -0.1) is 0 Å². The minimum absolute atomic E-state index is 0.256. The first-order chi connectivity index (χ1) is 16.1. The number of carbonyl (C=O) groups excluding carboxylic acids is 1. The summed E-state index contributed by atoms with van der Waals surface area (Å²) in [5.41, 5.74) is 2.97. The van der Waals surface area contributed by atoms with Crippen molar-refractivity contribution in [2.45, 2.75) is 46.1 Å². The van der Waals surface area contributed by atoms with Crippen molar-refractivity contribution >= 4 is 22.7 Å². The molecule has 0 radical (unpaired) electrons. The zero-order valence-electron chi connectivity index (χ0n) is 19.8. The topological polar surface area (TPSA) is 73.8 Å². The maximum absolute atomic E-state index is 12.7. The summed E-state index contributed by atoms with van der Waals surface area (Å²) in [4.78, 5) is 24.3. The molecular weight excluding hydrogens is 418 g/mol. The number of anilines is 1. The number of cyclic esters (lactones) is 1. The summed E-state index contributed by atoms with van der Waals surface area (Å²) >= 11 is 0. The van der Waals surface area contributed by atoms with Crippen LogP contribution in [0.5, 0.6) is 11.5 Å². The van der Waals surface area contributed by atoms with Crippen LogP contribution in [-0.2, 0) is 11.3 Å². The van der Waals surface area contributed by atoms with Gasteiger partial charge in [-0.05, 0) is 41.8 Å². The molecule has 0 saturated heterocycles. The van der Waals surface area contributed by atoms with E-state index in [4.69, 9.17) is 24.2 Å². The molecule has 2 heterocycles. The van der Waals surface area contributed by atoms with Crippen LogP contribution in [0.4, 0.5) is 5.95 Å². The second kappa shape index (κ2) is 10.1. The van der Waals surface area contributed by atoms with Crippen LogP contribution in [0.1, 0.15) is 55.5 Å². The Bertz CT molecular complexity index is 1140. The summed E-state index contributed by atoms with van der Waals surface area (Å²) in [5, 5.41) is 1.81. The van der Waals surface area contributed by atoms with E-state index in [2.05, 4.69) is 18.7 Å². The van der Waals surface area contributed by atoms with Gasteiger partial charge in [0.05, 0.1) is 19.8 Å². The highest BCUT2D eigenvalue weighted by Gasteiger charge is 2.28. The van der Waals surface area contributed by atoms with Gasteiger partial charge in [-0.25, -0.2) is 14.8 Å². The molecule has 7 heteroatoms. The second-order valence-corrected chi connectivity index (χ2v) is 8.26. The van der Waals surface area contributed by atoms with Gasteiger partial charge in [0.15, 0.2) is 11.5 Å². The SMILES string of the molecule is CCCCN(CCCC)c1ncc(-c2c3c(cc4cc(OC)c(OC)cc24)COC3=O)cn1. The molecule has 0 unspecified atom stereocenters. The summed E-state index contributed by atoms with van der Waals surface area (Å²) in [6.07, 6.45) is 8.06. The molecule has 174 valence electrons. The third-order valence-corrected chi connectivity index (χ3v) is 6.06. The van der Waals surface area contributed by atoms with E-state index < -0.39 is 0 Å². The maximum Gasteiger partial charge on any atom is 0.339 e. The average Bonchev–Trinajstić information content (AvgIpc) is 3.22. The third kappa shape index (κ3) is 4.45. The summed E-state index contributed by atoms with van der Waals surface area (Å²) in [5.74, 6) is 1.63. The normalized spacial score (nSPS) is 12.5. The fourth-order valence-corrected chi connectivity index (χ4v) is 4.27. The largest absolute Gasteiger partial charge is 0.493 e. The molecule has 0 N–H and O–H groups in total. The van der Waals surface area contributed by atoms with Crippen LogP contribution in [0.2, 0.25) is 0 Å². The molecule has 7 nitrogen and oxygen atoms in total. The number of hydrogen-bond donors (Lipinski definition) is 0. The number of unbranched alkanes of at least 4 members (excludes halogenated alkanes) is 2. The summed E-state index contributed by atoms with van der Waals surface area (Å²) in [7, 11) is 3.21. The van der Waals surface area contributed by atoms with Crippen LogP contribution in [0.3, 0.4) is 0 Å². The Morgan fingerprint density at radius 1 is 0.939 bits per heavy atom. The highest BCUT2D eigenvalue weighted by Crippen LogP contribution is 2.42. The van der Waals surface area contributed by atoms with E-state index in [0.717, 1.165) is 72.2 Å². The van der Waals surface area contributed by atoms with Gasteiger partial charge in [-0.3, -0.25) is 0 Å². The molecule has 0 atom stereocenters. The molecule has 1 aliphatic heterocycles. The molecule has 4 rings (SSSR count). The monoisotopic (exact) mass is 449 g/mol. The maximum atomic E-state index is 12.7. The lowest BCUT2D eigenvalue weighted by Crippen LogP contribution is -2.27. The van der Waals surface area contributed by atoms with Gasteiger partial charge in [0.25, 0.3) is 0 Å². The molecule has 0 amide bonds. The Kier molecular flexibility index (Phi) is 6.96. The number of hydrogen-bond acceptors (Lipinski definition) is 7. The molecule has 33 heavy (non-hydrogen) atoms. The number of fused-ring (bicyclic) bond motifs is 2. The van der Waals surface area contributed by atoms with Gasteiger partial charge in [-0.1, -0.05) is 26.7 Å². The molecule has 0 bridgehead atoms. The Hall–Kier alpha value is -3.35. The molecule has 0 fully saturated rings. The smallest absolute Gasteiger partial charge is 0.339 e. The van der Waals surface area contributed by atoms with Crippen LogP contribution in [0, 0.1) is 0 Å². The lowest BCUT2D eigenvalue weighted by molar-refractivity contribution is 0.0535.